The third kappa shape index (κ3) is 1.80. The van der Waals surface area contributed by atoms with Gasteiger partial charge in [-0.25, -0.2) is 4.39 Å². The van der Waals surface area contributed by atoms with Gasteiger partial charge in [-0.3, -0.25) is 10.00 Å². The van der Waals surface area contributed by atoms with Crippen LogP contribution >= 0.6 is 0 Å². The first kappa shape index (κ1) is 12.1. The zero-order valence-corrected chi connectivity index (χ0v) is 11.5. The molecule has 2 aromatic rings. The van der Waals surface area contributed by atoms with Crippen LogP contribution < -0.4 is 4.74 Å². The molecule has 1 aliphatic heterocycles. The predicted molar refractivity (Wildman–Crippen MR) is 74.4 cm³/mol. The van der Waals surface area contributed by atoms with Crippen molar-refractivity contribution in [3.8, 4) is 5.75 Å². The number of aromatic nitrogens is 2. The number of piperidine rings is 1. The number of nitrogens with one attached hydrogen (secondary N) is 1. The molecule has 20 heavy (non-hydrogen) atoms. The van der Waals surface area contributed by atoms with Crippen LogP contribution in [0.5, 0.6) is 5.75 Å². The van der Waals surface area contributed by atoms with Crippen molar-refractivity contribution in [2.45, 2.75) is 25.3 Å². The molecule has 106 valence electrons. The first-order chi connectivity index (χ1) is 9.78. The molecule has 2 fully saturated rings. The van der Waals surface area contributed by atoms with Crippen LogP contribution in [0.25, 0.3) is 10.9 Å². The molecular weight excluding hydrogens is 257 g/mol. The standard InChI is InChI=1S/C15H18FN3O/c1-20-13-3-2-10(16)15-14(13)11(17-18-15)5-7-19-6-4-9-8-12(9)19/h2-3,9,12H,4-8H2,1H3,(H,17,18). The van der Waals surface area contributed by atoms with E-state index in [2.05, 4.69) is 15.1 Å². The Hall–Kier alpha value is -1.62. The number of rotatable bonds is 4. The van der Waals surface area contributed by atoms with Gasteiger partial charge in [0.1, 0.15) is 11.3 Å². The fourth-order valence-corrected chi connectivity index (χ4v) is 3.50. The second-order valence-electron chi connectivity index (χ2n) is 5.81. The van der Waals surface area contributed by atoms with Gasteiger partial charge >= 0.3 is 0 Å². The summed E-state index contributed by atoms with van der Waals surface area (Å²) in [5, 5.41) is 7.88. The van der Waals surface area contributed by atoms with Gasteiger partial charge in [-0.1, -0.05) is 0 Å². The molecule has 4 rings (SSSR count). The number of hydrogen-bond acceptors (Lipinski definition) is 3. The Morgan fingerprint density at radius 1 is 1.50 bits per heavy atom. The van der Waals surface area contributed by atoms with Crippen LogP contribution in [0.4, 0.5) is 4.39 Å². The van der Waals surface area contributed by atoms with Crippen molar-refractivity contribution in [1.82, 2.24) is 15.1 Å². The number of halogens is 1. The first-order valence-corrected chi connectivity index (χ1v) is 7.21. The maximum Gasteiger partial charge on any atom is 0.151 e. The van der Waals surface area contributed by atoms with Gasteiger partial charge in [-0.15, -0.1) is 0 Å². The van der Waals surface area contributed by atoms with Gasteiger partial charge in [0.25, 0.3) is 0 Å². The van der Waals surface area contributed by atoms with E-state index in [1.54, 1.807) is 13.2 Å². The Labute approximate surface area is 116 Å². The van der Waals surface area contributed by atoms with Crippen LogP contribution in [0.1, 0.15) is 18.5 Å². The van der Waals surface area contributed by atoms with E-state index in [0.717, 1.165) is 36.0 Å². The summed E-state index contributed by atoms with van der Waals surface area (Å²) in [6, 6.07) is 3.88. The molecule has 1 saturated carbocycles. The summed E-state index contributed by atoms with van der Waals surface area (Å²) in [5.74, 6) is 1.34. The fraction of sp³-hybridized carbons (Fsp3) is 0.533. The minimum absolute atomic E-state index is 0.299. The molecule has 0 radical (unpaired) electrons. The highest BCUT2D eigenvalue weighted by Crippen LogP contribution is 2.44. The molecule has 2 unspecified atom stereocenters. The SMILES string of the molecule is COc1ccc(F)c2n[nH]c(CCN3CCC4CC43)c12. The lowest BCUT2D eigenvalue weighted by molar-refractivity contribution is 0.303. The Balaban J connectivity index is 1.60. The predicted octanol–water partition coefficient (Wildman–Crippen LogP) is 2.35. The van der Waals surface area contributed by atoms with Crippen LogP contribution in [0.3, 0.4) is 0 Å². The number of nitrogens with zero attached hydrogens (tertiary/aromatic N) is 2. The second-order valence-corrected chi connectivity index (χ2v) is 5.81. The van der Waals surface area contributed by atoms with Gasteiger partial charge < -0.3 is 4.74 Å². The van der Waals surface area contributed by atoms with E-state index in [9.17, 15) is 4.39 Å². The number of fused-ring (bicyclic) bond motifs is 2. The second kappa shape index (κ2) is 4.45. The van der Waals surface area contributed by atoms with Crippen LogP contribution in [0.2, 0.25) is 0 Å². The van der Waals surface area contributed by atoms with E-state index < -0.39 is 0 Å². The monoisotopic (exact) mass is 275 g/mol. The minimum atomic E-state index is -0.299. The lowest BCUT2D eigenvalue weighted by Gasteiger charge is -2.16. The van der Waals surface area contributed by atoms with E-state index in [1.807, 2.05) is 0 Å². The summed E-state index contributed by atoms with van der Waals surface area (Å²) in [4.78, 5) is 2.54. The number of H-pyrrole nitrogens is 1. The highest BCUT2D eigenvalue weighted by Gasteiger charge is 2.46. The Kier molecular flexibility index (Phi) is 2.70. The topological polar surface area (TPSA) is 41.1 Å². The lowest BCUT2D eigenvalue weighted by Crippen LogP contribution is -2.25. The summed E-state index contributed by atoms with van der Waals surface area (Å²) in [7, 11) is 1.61. The number of methoxy groups -OCH3 is 1. The number of hydrogen-bond donors (Lipinski definition) is 1. The molecule has 1 aromatic carbocycles. The minimum Gasteiger partial charge on any atom is -0.496 e. The van der Waals surface area contributed by atoms with Crippen molar-refractivity contribution < 1.29 is 9.13 Å². The number of aromatic amines is 1. The van der Waals surface area contributed by atoms with Gasteiger partial charge in [0.15, 0.2) is 5.82 Å². The van der Waals surface area contributed by atoms with Crippen molar-refractivity contribution >= 4 is 10.9 Å². The summed E-state index contributed by atoms with van der Waals surface area (Å²) >= 11 is 0. The summed E-state index contributed by atoms with van der Waals surface area (Å²) in [6.07, 6.45) is 3.56. The summed E-state index contributed by atoms with van der Waals surface area (Å²) in [5.41, 5.74) is 1.35. The van der Waals surface area contributed by atoms with E-state index >= 15 is 0 Å². The number of likely N-dealkylation sites (tertiary alicyclic amines) is 1. The zero-order valence-electron chi connectivity index (χ0n) is 11.5. The van der Waals surface area contributed by atoms with Crippen molar-refractivity contribution in [3.05, 3.63) is 23.6 Å². The van der Waals surface area contributed by atoms with Gasteiger partial charge in [-0.2, -0.15) is 5.10 Å². The Morgan fingerprint density at radius 3 is 3.10 bits per heavy atom. The lowest BCUT2D eigenvalue weighted by atomic mass is 10.1. The highest BCUT2D eigenvalue weighted by molar-refractivity contribution is 5.88. The Morgan fingerprint density at radius 2 is 2.40 bits per heavy atom. The van der Waals surface area contributed by atoms with E-state index in [-0.39, 0.29) is 5.82 Å². The molecule has 5 heteroatoms. The molecule has 0 spiro atoms. The largest absolute Gasteiger partial charge is 0.496 e. The molecule has 4 nitrogen and oxygen atoms in total. The molecule has 1 aromatic heterocycles. The molecule has 0 amide bonds. The van der Waals surface area contributed by atoms with Gasteiger partial charge in [0, 0.05) is 24.7 Å². The van der Waals surface area contributed by atoms with Crippen molar-refractivity contribution in [1.29, 1.82) is 0 Å². The average molecular weight is 275 g/mol. The molecule has 1 N–H and O–H groups in total. The average Bonchev–Trinajstić information content (AvgIpc) is 2.93. The molecular formula is C15H18FN3O. The van der Waals surface area contributed by atoms with Crippen LogP contribution in [-0.4, -0.2) is 41.3 Å². The molecule has 1 saturated heterocycles. The van der Waals surface area contributed by atoms with Gasteiger partial charge in [0.2, 0.25) is 0 Å². The van der Waals surface area contributed by atoms with Gasteiger partial charge in [-0.05, 0) is 37.4 Å². The van der Waals surface area contributed by atoms with Crippen LogP contribution in [0.15, 0.2) is 12.1 Å². The third-order valence-electron chi connectivity index (χ3n) is 4.71. The first-order valence-electron chi connectivity index (χ1n) is 7.21. The van der Waals surface area contributed by atoms with E-state index in [0.29, 0.717) is 11.3 Å². The van der Waals surface area contributed by atoms with Crippen LogP contribution in [-0.2, 0) is 6.42 Å². The van der Waals surface area contributed by atoms with E-state index in [4.69, 9.17) is 4.74 Å². The third-order valence-corrected chi connectivity index (χ3v) is 4.71. The smallest absolute Gasteiger partial charge is 0.151 e. The maximum absolute atomic E-state index is 13.8. The molecule has 1 aliphatic carbocycles. The maximum atomic E-state index is 13.8. The van der Waals surface area contributed by atoms with Crippen molar-refractivity contribution in [2.24, 2.45) is 5.92 Å². The van der Waals surface area contributed by atoms with Gasteiger partial charge in [0.05, 0.1) is 12.5 Å². The normalized spacial score (nSPS) is 25.1. The number of benzene rings is 1. The molecule has 0 bridgehead atoms. The Bertz CT molecular complexity index is 654. The zero-order chi connectivity index (χ0) is 13.7. The molecule has 2 atom stereocenters. The quantitative estimate of drug-likeness (QED) is 0.931. The molecule has 2 heterocycles. The molecule has 2 aliphatic rings. The van der Waals surface area contributed by atoms with Crippen molar-refractivity contribution in [3.63, 3.8) is 0 Å². The van der Waals surface area contributed by atoms with Crippen LogP contribution in [0, 0.1) is 11.7 Å². The van der Waals surface area contributed by atoms with Crippen molar-refractivity contribution in [2.75, 3.05) is 20.2 Å². The summed E-state index contributed by atoms with van der Waals surface area (Å²) in [6.45, 7) is 2.21. The van der Waals surface area contributed by atoms with E-state index in [1.165, 1.54) is 25.5 Å². The fourth-order valence-electron chi connectivity index (χ4n) is 3.50. The number of ether oxygens (including phenoxy) is 1. The summed E-state index contributed by atoms with van der Waals surface area (Å²) < 4.78 is 19.1. The highest BCUT2D eigenvalue weighted by atomic mass is 19.1.